The van der Waals surface area contributed by atoms with E-state index in [0.29, 0.717) is 17.0 Å². The van der Waals surface area contributed by atoms with Gasteiger partial charge in [-0.2, -0.15) is 0 Å². The maximum absolute atomic E-state index is 10.5. The van der Waals surface area contributed by atoms with Gasteiger partial charge in [-0.05, 0) is 24.3 Å². The summed E-state index contributed by atoms with van der Waals surface area (Å²) in [7, 11) is 0. The van der Waals surface area contributed by atoms with Gasteiger partial charge in [0.15, 0.2) is 6.29 Å². The molecule has 0 radical (unpaired) electrons. The monoisotopic (exact) mass is 269 g/mol. The Kier molecular flexibility index (Phi) is 2.52. The molecule has 0 saturated carbocycles. The molecule has 70 valence electrons. The number of halogens is 2. The molecule has 0 bridgehead atoms. The van der Waals surface area contributed by atoms with Crippen LogP contribution in [-0.4, -0.2) is 11.3 Å². The Bertz CT molecular complexity index is 513. The number of aldehydes is 1. The third-order valence-electron chi connectivity index (χ3n) is 1.86. The van der Waals surface area contributed by atoms with Gasteiger partial charge in [-0.3, -0.25) is 4.79 Å². The molecule has 2 aromatic rings. The summed E-state index contributed by atoms with van der Waals surface area (Å²) in [4.78, 5) is 14.7. The van der Waals surface area contributed by atoms with E-state index in [1.165, 1.54) is 0 Å². The van der Waals surface area contributed by atoms with Crippen LogP contribution in [0.3, 0.4) is 0 Å². The summed E-state index contributed by atoms with van der Waals surface area (Å²) in [5.74, 6) is 0. The molecule has 1 heterocycles. The van der Waals surface area contributed by atoms with Crippen LogP contribution in [0.1, 0.15) is 10.5 Å². The van der Waals surface area contributed by atoms with E-state index >= 15 is 0 Å². The molecule has 1 aromatic heterocycles. The number of nitrogens with zero attached hydrogens (tertiary/aromatic N) is 1. The SMILES string of the molecule is O=Cc1cc(Cl)c2cc(Br)ccc2n1. The molecule has 0 aliphatic rings. The minimum atomic E-state index is 0.352. The highest BCUT2D eigenvalue weighted by atomic mass is 79.9. The Morgan fingerprint density at radius 2 is 2.14 bits per heavy atom. The predicted molar refractivity (Wildman–Crippen MR) is 59.8 cm³/mol. The molecule has 0 aliphatic carbocycles. The number of rotatable bonds is 1. The van der Waals surface area contributed by atoms with Crippen molar-refractivity contribution in [2.24, 2.45) is 0 Å². The van der Waals surface area contributed by atoms with Crippen molar-refractivity contribution in [2.75, 3.05) is 0 Å². The molecule has 4 heteroatoms. The molecule has 1 aromatic carbocycles. The van der Waals surface area contributed by atoms with E-state index in [4.69, 9.17) is 11.6 Å². The molecule has 14 heavy (non-hydrogen) atoms. The Balaban J connectivity index is 2.82. The van der Waals surface area contributed by atoms with Crippen LogP contribution >= 0.6 is 27.5 Å². The summed E-state index contributed by atoms with van der Waals surface area (Å²) in [5.41, 5.74) is 1.08. The zero-order valence-electron chi connectivity index (χ0n) is 7.00. The van der Waals surface area contributed by atoms with Gasteiger partial charge in [-0.15, -0.1) is 0 Å². The van der Waals surface area contributed by atoms with E-state index in [-0.39, 0.29) is 0 Å². The molecule has 0 N–H and O–H groups in total. The second-order valence-electron chi connectivity index (χ2n) is 2.81. The largest absolute Gasteiger partial charge is 0.296 e. The highest BCUT2D eigenvalue weighted by molar-refractivity contribution is 9.10. The third kappa shape index (κ3) is 1.65. The van der Waals surface area contributed by atoms with E-state index in [1.54, 1.807) is 6.07 Å². The van der Waals surface area contributed by atoms with Crippen LogP contribution < -0.4 is 0 Å². The van der Waals surface area contributed by atoms with E-state index in [0.717, 1.165) is 15.4 Å². The second kappa shape index (κ2) is 3.67. The third-order valence-corrected chi connectivity index (χ3v) is 2.67. The zero-order valence-corrected chi connectivity index (χ0v) is 9.34. The van der Waals surface area contributed by atoms with Crippen molar-refractivity contribution in [2.45, 2.75) is 0 Å². The minimum absolute atomic E-state index is 0.352. The summed E-state index contributed by atoms with van der Waals surface area (Å²) in [6, 6.07) is 7.11. The molecule has 0 amide bonds. The van der Waals surface area contributed by atoms with Gasteiger partial charge in [0.25, 0.3) is 0 Å². The molecule has 0 atom stereocenters. The topological polar surface area (TPSA) is 30.0 Å². The van der Waals surface area contributed by atoms with E-state index in [1.807, 2.05) is 18.2 Å². The van der Waals surface area contributed by atoms with Crippen LogP contribution in [0.2, 0.25) is 5.02 Å². The highest BCUT2D eigenvalue weighted by Crippen LogP contribution is 2.25. The molecule has 2 rings (SSSR count). The first kappa shape index (κ1) is 9.62. The number of aromatic nitrogens is 1. The summed E-state index contributed by atoms with van der Waals surface area (Å²) in [6.07, 6.45) is 0.688. The first-order valence-electron chi connectivity index (χ1n) is 3.91. The number of carbonyl (C=O) groups is 1. The molecule has 0 unspecified atom stereocenters. The molecule has 0 saturated heterocycles. The van der Waals surface area contributed by atoms with Gasteiger partial charge in [-0.1, -0.05) is 27.5 Å². The van der Waals surface area contributed by atoms with Crippen LogP contribution in [0.15, 0.2) is 28.7 Å². The van der Waals surface area contributed by atoms with Gasteiger partial charge in [0.1, 0.15) is 5.69 Å². The average Bonchev–Trinajstić information content (AvgIpc) is 2.19. The Hall–Kier alpha value is -0.930. The number of hydrogen-bond donors (Lipinski definition) is 0. The lowest BCUT2D eigenvalue weighted by atomic mass is 10.2. The van der Waals surface area contributed by atoms with Crippen LogP contribution in [0.4, 0.5) is 0 Å². The lowest BCUT2D eigenvalue weighted by Crippen LogP contribution is -1.88. The Morgan fingerprint density at radius 3 is 2.86 bits per heavy atom. The van der Waals surface area contributed by atoms with Crippen molar-refractivity contribution in [1.82, 2.24) is 4.98 Å². The van der Waals surface area contributed by atoms with Gasteiger partial charge in [0.2, 0.25) is 0 Å². The predicted octanol–water partition coefficient (Wildman–Crippen LogP) is 3.46. The lowest BCUT2D eigenvalue weighted by Gasteiger charge is -2.01. The van der Waals surface area contributed by atoms with Gasteiger partial charge in [0, 0.05) is 9.86 Å². The number of hydrogen-bond acceptors (Lipinski definition) is 2. The first-order chi connectivity index (χ1) is 6.70. The van der Waals surface area contributed by atoms with Crippen LogP contribution in [0, 0.1) is 0 Å². The molecular formula is C10H5BrClNO. The minimum Gasteiger partial charge on any atom is -0.296 e. The normalized spacial score (nSPS) is 10.4. The van der Waals surface area contributed by atoms with Crippen molar-refractivity contribution in [1.29, 1.82) is 0 Å². The van der Waals surface area contributed by atoms with Crippen molar-refractivity contribution in [3.63, 3.8) is 0 Å². The van der Waals surface area contributed by atoms with Crippen molar-refractivity contribution < 1.29 is 4.79 Å². The van der Waals surface area contributed by atoms with E-state index in [2.05, 4.69) is 20.9 Å². The van der Waals surface area contributed by atoms with Crippen molar-refractivity contribution in [3.8, 4) is 0 Å². The quantitative estimate of drug-likeness (QED) is 0.743. The fraction of sp³-hybridized carbons (Fsp3) is 0. The van der Waals surface area contributed by atoms with Gasteiger partial charge >= 0.3 is 0 Å². The van der Waals surface area contributed by atoms with Crippen LogP contribution in [0.5, 0.6) is 0 Å². The molecular weight excluding hydrogens is 265 g/mol. The smallest absolute Gasteiger partial charge is 0.168 e. The van der Waals surface area contributed by atoms with Gasteiger partial charge in [0.05, 0.1) is 10.5 Å². The van der Waals surface area contributed by atoms with Crippen LogP contribution in [0.25, 0.3) is 10.9 Å². The van der Waals surface area contributed by atoms with E-state index in [9.17, 15) is 4.79 Å². The Morgan fingerprint density at radius 1 is 1.36 bits per heavy atom. The number of benzene rings is 1. The van der Waals surface area contributed by atoms with Gasteiger partial charge < -0.3 is 0 Å². The molecule has 2 nitrogen and oxygen atoms in total. The zero-order chi connectivity index (χ0) is 10.1. The molecule has 0 aliphatic heterocycles. The lowest BCUT2D eigenvalue weighted by molar-refractivity contribution is 0.111. The first-order valence-corrected chi connectivity index (χ1v) is 5.09. The number of pyridine rings is 1. The number of fused-ring (bicyclic) bond motifs is 1. The van der Waals surface area contributed by atoms with Crippen molar-refractivity contribution in [3.05, 3.63) is 39.5 Å². The summed E-state index contributed by atoms with van der Waals surface area (Å²) >= 11 is 9.34. The Labute approximate surface area is 94.0 Å². The molecule has 0 spiro atoms. The highest BCUT2D eigenvalue weighted by Gasteiger charge is 2.03. The van der Waals surface area contributed by atoms with E-state index < -0.39 is 0 Å². The average molecular weight is 271 g/mol. The summed E-state index contributed by atoms with van der Waals surface area (Å²) in [5, 5.41) is 1.38. The number of carbonyl (C=O) groups excluding carboxylic acids is 1. The standard InChI is InChI=1S/C10H5BrClNO/c11-6-1-2-10-8(3-6)9(12)4-7(5-14)13-10/h1-5H. The maximum Gasteiger partial charge on any atom is 0.168 e. The maximum atomic E-state index is 10.5. The van der Waals surface area contributed by atoms with Gasteiger partial charge in [-0.25, -0.2) is 4.98 Å². The summed E-state index contributed by atoms with van der Waals surface area (Å²) in [6.45, 7) is 0. The fourth-order valence-electron chi connectivity index (χ4n) is 1.24. The second-order valence-corrected chi connectivity index (χ2v) is 4.13. The summed E-state index contributed by atoms with van der Waals surface area (Å²) < 4.78 is 0.938. The van der Waals surface area contributed by atoms with Crippen molar-refractivity contribution >= 4 is 44.7 Å². The molecule has 0 fully saturated rings. The fourth-order valence-corrected chi connectivity index (χ4v) is 1.86. The van der Waals surface area contributed by atoms with Crippen LogP contribution in [-0.2, 0) is 0 Å².